The number of rotatable bonds is 7. The molecule has 160 valence electrons. The van der Waals surface area contributed by atoms with Gasteiger partial charge < -0.3 is 19.0 Å². The second-order valence-electron chi connectivity index (χ2n) is 8.10. The van der Waals surface area contributed by atoms with E-state index in [0.29, 0.717) is 0 Å². The second-order valence-corrected chi connectivity index (χ2v) is 9.15. The number of likely N-dealkylation sites (tertiary alicyclic amines) is 1. The summed E-state index contributed by atoms with van der Waals surface area (Å²) in [5.41, 5.74) is 3.14. The van der Waals surface area contributed by atoms with Crippen LogP contribution in [0, 0.1) is 0 Å². The Morgan fingerprint density at radius 1 is 1.13 bits per heavy atom. The van der Waals surface area contributed by atoms with Crippen LogP contribution in [0.15, 0.2) is 76.2 Å². The Labute approximate surface area is 186 Å². The van der Waals surface area contributed by atoms with Crippen LogP contribution in [0.2, 0.25) is 0 Å². The van der Waals surface area contributed by atoms with E-state index in [9.17, 15) is 0 Å². The number of hydrogen-bond donors (Lipinski definition) is 1. The minimum Gasteiger partial charge on any atom is -0.468 e. The summed E-state index contributed by atoms with van der Waals surface area (Å²) in [5, 5.41) is 0. The van der Waals surface area contributed by atoms with Gasteiger partial charge in [0.15, 0.2) is 0 Å². The van der Waals surface area contributed by atoms with Crippen molar-refractivity contribution >= 4 is 22.8 Å². The van der Waals surface area contributed by atoms with Gasteiger partial charge in [0.25, 0.3) is 0 Å². The number of fused-ring (bicyclic) bond motifs is 1. The van der Waals surface area contributed by atoms with Crippen molar-refractivity contribution in [1.29, 1.82) is 0 Å². The van der Waals surface area contributed by atoms with Gasteiger partial charge in [-0.15, -0.1) is 11.8 Å². The summed E-state index contributed by atoms with van der Waals surface area (Å²) >= 11 is 1.77. The number of imidazole rings is 1. The van der Waals surface area contributed by atoms with Gasteiger partial charge in [-0.05, 0) is 61.9 Å². The molecule has 4 aromatic rings. The summed E-state index contributed by atoms with van der Waals surface area (Å²) in [4.78, 5) is 11.9. The first kappa shape index (κ1) is 20.4. The summed E-state index contributed by atoms with van der Waals surface area (Å²) < 4.78 is 12.2. The van der Waals surface area contributed by atoms with E-state index in [2.05, 4.69) is 47.3 Å². The largest absolute Gasteiger partial charge is 0.468 e. The molecule has 0 spiro atoms. The number of para-hydroxylation sites is 2. The number of furan rings is 1. The van der Waals surface area contributed by atoms with E-state index in [1.54, 1.807) is 18.0 Å². The van der Waals surface area contributed by atoms with Crippen LogP contribution >= 0.6 is 11.8 Å². The van der Waals surface area contributed by atoms with Gasteiger partial charge in [-0.1, -0.05) is 24.3 Å². The van der Waals surface area contributed by atoms with Crippen molar-refractivity contribution in [3.63, 3.8) is 0 Å². The first-order valence-corrected chi connectivity index (χ1v) is 11.8. The SMILES string of the molecule is CN1CCC(OC(c2cccc(SCc3ccco3)c2)c2nc3ccccc3[nH]2)CC1. The van der Waals surface area contributed by atoms with Gasteiger partial charge >= 0.3 is 0 Å². The van der Waals surface area contributed by atoms with Crippen molar-refractivity contribution in [3.05, 3.63) is 84.1 Å². The average Bonchev–Trinajstić information content (AvgIpc) is 3.47. The maximum Gasteiger partial charge on any atom is 0.141 e. The lowest BCUT2D eigenvalue weighted by molar-refractivity contribution is -0.0264. The van der Waals surface area contributed by atoms with Gasteiger partial charge in [-0.2, -0.15) is 0 Å². The van der Waals surface area contributed by atoms with Crippen molar-refractivity contribution in [2.24, 2.45) is 0 Å². The summed E-state index contributed by atoms with van der Waals surface area (Å²) in [6.45, 7) is 2.13. The molecule has 0 bridgehead atoms. The lowest BCUT2D eigenvalue weighted by Crippen LogP contribution is -2.35. The molecular formula is C25H27N3O2S. The number of hydrogen-bond acceptors (Lipinski definition) is 5. The molecule has 2 aromatic carbocycles. The van der Waals surface area contributed by atoms with Crippen LogP contribution in [0.25, 0.3) is 11.0 Å². The molecule has 31 heavy (non-hydrogen) atoms. The number of nitrogens with one attached hydrogen (secondary N) is 1. The van der Waals surface area contributed by atoms with Crippen LogP contribution < -0.4 is 0 Å². The summed E-state index contributed by atoms with van der Waals surface area (Å²) in [6, 6.07) is 20.7. The molecule has 0 saturated carbocycles. The molecule has 1 fully saturated rings. The van der Waals surface area contributed by atoms with Gasteiger partial charge in [0.1, 0.15) is 17.7 Å². The highest BCUT2D eigenvalue weighted by Crippen LogP contribution is 2.32. The quantitative estimate of drug-likeness (QED) is 0.382. The number of ether oxygens (including phenoxy) is 1. The van der Waals surface area contributed by atoms with Crippen LogP contribution in [-0.2, 0) is 10.5 Å². The van der Waals surface area contributed by atoms with Crippen molar-refractivity contribution in [2.75, 3.05) is 20.1 Å². The Morgan fingerprint density at radius 3 is 2.81 bits per heavy atom. The Hall–Kier alpha value is -2.54. The van der Waals surface area contributed by atoms with Crippen molar-refractivity contribution in [1.82, 2.24) is 14.9 Å². The van der Waals surface area contributed by atoms with Crippen LogP contribution in [0.4, 0.5) is 0 Å². The molecule has 0 amide bonds. The number of H-pyrrole nitrogens is 1. The normalized spacial score (nSPS) is 16.7. The highest BCUT2D eigenvalue weighted by Gasteiger charge is 2.26. The first-order chi connectivity index (χ1) is 15.2. The second kappa shape index (κ2) is 9.30. The minimum atomic E-state index is -0.218. The molecule has 2 aromatic heterocycles. The maximum absolute atomic E-state index is 6.70. The molecule has 5 nitrogen and oxygen atoms in total. The molecule has 1 aliphatic rings. The fraction of sp³-hybridized carbons (Fsp3) is 0.320. The molecular weight excluding hydrogens is 406 g/mol. The van der Waals surface area contributed by atoms with Crippen molar-refractivity contribution < 1.29 is 9.15 Å². The van der Waals surface area contributed by atoms with Gasteiger partial charge in [0, 0.05) is 18.0 Å². The number of nitrogens with zero attached hydrogens (tertiary/aromatic N) is 2. The van der Waals surface area contributed by atoms with Gasteiger partial charge in [-0.25, -0.2) is 4.98 Å². The van der Waals surface area contributed by atoms with Crippen LogP contribution in [-0.4, -0.2) is 41.1 Å². The molecule has 3 heterocycles. The molecule has 6 heteroatoms. The zero-order valence-corrected chi connectivity index (χ0v) is 18.5. The zero-order valence-electron chi connectivity index (χ0n) is 17.7. The van der Waals surface area contributed by atoms with E-state index in [0.717, 1.165) is 59.9 Å². The number of piperidine rings is 1. The fourth-order valence-corrected chi connectivity index (χ4v) is 4.90. The average molecular weight is 434 g/mol. The highest BCUT2D eigenvalue weighted by molar-refractivity contribution is 7.98. The first-order valence-electron chi connectivity index (χ1n) is 10.8. The third kappa shape index (κ3) is 4.87. The highest BCUT2D eigenvalue weighted by atomic mass is 32.2. The lowest BCUT2D eigenvalue weighted by Gasteiger charge is -2.31. The number of aromatic nitrogens is 2. The van der Waals surface area contributed by atoms with E-state index in [1.165, 1.54) is 4.90 Å². The fourth-order valence-electron chi connectivity index (χ4n) is 4.03. The Balaban J connectivity index is 1.42. The molecule has 0 radical (unpaired) electrons. The van der Waals surface area contributed by atoms with Crippen LogP contribution in [0.1, 0.15) is 36.1 Å². The molecule has 1 saturated heterocycles. The zero-order chi connectivity index (χ0) is 21.0. The number of aromatic amines is 1. The van der Waals surface area contributed by atoms with Crippen molar-refractivity contribution in [2.45, 2.75) is 35.7 Å². The predicted molar refractivity (Wildman–Crippen MR) is 124 cm³/mol. The third-order valence-electron chi connectivity index (χ3n) is 5.77. The molecule has 5 rings (SSSR count). The Kier molecular flexibility index (Phi) is 6.11. The van der Waals surface area contributed by atoms with Crippen LogP contribution in [0.5, 0.6) is 0 Å². The third-order valence-corrected chi connectivity index (χ3v) is 6.79. The summed E-state index contributed by atoms with van der Waals surface area (Å²) in [7, 11) is 2.17. The van der Waals surface area contributed by atoms with Gasteiger partial charge in [0.2, 0.25) is 0 Å². The van der Waals surface area contributed by atoms with E-state index in [4.69, 9.17) is 14.1 Å². The molecule has 1 aliphatic heterocycles. The summed E-state index contributed by atoms with van der Waals surface area (Å²) in [6.07, 6.45) is 3.82. The maximum atomic E-state index is 6.70. The summed E-state index contributed by atoms with van der Waals surface area (Å²) in [5.74, 6) is 2.65. The standard InChI is InChI=1S/C25H27N3O2S/c1-28-13-11-19(12-14-28)30-24(25-26-22-9-2-3-10-23(22)27-25)18-6-4-8-21(16-18)31-17-20-7-5-15-29-20/h2-10,15-16,19,24H,11-14,17H2,1H3,(H,26,27). The van der Waals surface area contributed by atoms with Gasteiger partial charge in [0.05, 0.1) is 29.2 Å². The lowest BCUT2D eigenvalue weighted by atomic mass is 10.1. The molecule has 0 aliphatic carbocycles. The van der Waals surface area contributed by atoms with Crippen LogP contribution in [0.3, 0.4) is 0 Å². The van der Waals surface area contributed by atoms with Gasteiger partial charge in [-0.3, -0.25) is 0 Å². The Morgan fingerprint density at radius 2 is 2.00 bits per heavy atom. The van der Waals surface area contributed by atoms with E-state index >= 15 is 0 Å². The van der Waals surface area contributed by atoms with E-state index in [1.807, 2.05) is 30.3 Å². The van der Waals surface area contributed by atoms with Crippen molar-refractivity contribution in [3.8, 4) is 0 Å². The topological polar surface area (TPSA) is 54.3 Å². The van der Waals surface area contributed by atoms with E-state index in [-0.39, 0.29) is 12.2 Å². The monoisotopic (exact) mass is 433 g/mol. The molecule has 1 atom stereocenters. The molecule has 1 N–H and O–H groups in total. The van der Waals surface area contributed by atoms with E-state index < -0.39 is 0 Å². The predicted octanol–water partition coefficient (Wildman–Crippen LogP) is 5.65. The Bertz CT molecular complexity index is 1080. The smallest absolute Gasteiger partial charge is 0.141 e. The number of thioether (sulfide) groups is 1. The molecule has 1 unspecified atom stereocenters. The number of benzene rings is 2. The minimum absolute atomic E-state index is 0.218.